The van der Waals surface area contributed by atoms with E-state index in [1.807, 2.05) is 0 Å². The SMILES string of the molecule is CC(CO)c1cc(Cl)c(O)cc1F. The molecule has 0 saturated carbocycles. The van der Waals surface area contributed by atoms with E-state index in [1.165, 1.54) is 6.07 Å². The molecule has 0 aliphatic carbocycles. The maximum atomic E-state index is 13.1. The monoisotopic (exact) mass is 204 g/mol. The summed E-state index contributed by atoms with van der Waals surface area (Å²) in [5.41, 5.74) is 0.310. The fourth-order valence-electron chi connectivity index (χ4n) is 1.03. The van der Waals surface area contributed by atoms with Gasteiger partial charge in [0.25, 0.3) is 0 Å². The lowest BCUT2D eigenvalue weighted by molar-refractivity contribution is 0.270. The normalized spacial score (nSPS) is 12.9. The van der Waals surface area contributed by atoms with Gasteiger partial charge in [0, 0.05) is 18.6 Å². The molecule has 0 aliphatic rings. The number of hydrogen-bond acceptors (Lipinski definition) is 2. The summed E-state index contributed by atoms with van der Waals surface area (Å²) in [7, 11) is 0. The molecule has 1 aromatic carbocycles. The van der Waals surface area contributed by atoms with E-state index in [1.54, 1.807) is 6.92 Å². The van der Waals surface area contributed by atoms with Crippen LogP contribution in [0.5, 0.6) is 5.75 Å². The summed E-state index contributed by atoms with van der Waals surface area (Å²) in [5.74, 6) is -1.16. The van der Waals surface area contributed by atoms with Gasteiger partial charge in [0.05, 0.1) is 5.02 Å². The van der Waals surface area contributed by atoms with Gasteiger partial charge in [-0.15, -0.1) is 0 Å². The Bertz CT molecular complexity index is 315. The Morgan fingerprint density at radius 2 is 2.15 bits per heavy atom. The Labute approximate surface area is 80.6 Å². The second kappa shape index (κ2) is 3.94. The fraction of sp³-hybridized carbons (Fsp3) is 0.333. The molecule has 0 bridgehead atoms. The molecule has 0 amide bonds. The molecule has 4 heteroatoms. The molecule has 0 fully saturated rings. The van der Waals surface area contributed by atoms with Gasteiger partial charge in [-0.25, -0.2) is 4.39 Å². The van der Waals surface area contributed by atoms with Gasteiger partial charge in [-0.3, -0.25) is 0 Å². The predicted octanol–water partition coefficient (Wildman–Crippen LogP) is 2.28. The predicted molar refractivity (Wildman–Crippen MR) is 48.6 cm³/mol. The van der Waals surface area contributed by atoms with Gasteiger partial charge in [-0.05, 0) is 11.6 Å². The summed E-state index contributed by atoms with van der Waals surface area (Å²) in [4.78, 5) is 0. The van der Waals surface area contributed by atoms with Crippen LogP contribution in [0.4, 0.5) is 4.39 Å². The maximum Gasteiger partial charge on any atom is 0.137 e. The number of hydrogen-bond donors (Lipinski definition) is 2. The molecule has 13 heavy (non-hydrogen) atoms. The van der Waals surface area contributed by atoms with Crippen molar-refractivity contribution in [2.75, 3.05) is 6.61 Å². The van der Waals surface area contributed by atoms with Crippen LogP contribution in [0, 0.1) is 5.82 Å². The molecule has 1 atom stereocenters. The van der Waals surface area contributed by atoms with Gasteiger partial charge in [0.2, 0.25) is 0 Å². The van der Waals surface area contributed by atoms with Crippen molar-refractivity contribution in [3.63, 3.8) is 0 Å². The first-order valence-electron chi connectivity index (χ1n) is 3.85. The number of rotatable bonds is 2. The van der Waals surface area contributed by atoms with Crippen LogP contribution in [-0.2, 0) is 0 Å². The van der Waals surface area contributed by atoms with Crippen LogP contribution < -0.4 is 0 Å². The highest BCUT2D eigenvalue weighted by atomic mass is 35.5. The van der Waals surface area contributed by atoms with Gasteiger partial charge in [-0.1, -0.05) is 18.5 Å². The highest BCUT2D eigenvalue weighted by Gasteiger charge is 2.12. The van der Waals surface area contributed by atoms with Crippen molar-refractivity contribution >= 4 is 11.6 Å². The number of phenolic OH excluding ortho intramolecular Hbond substituents is 1. The van der Waals surface area contributed by atoms with Gasteiger partial charge in [0.1, 0.15) is 11.6 Å². The molecular formula is C9H10ClFO2. The molecule has 0 saturated heterocycles. The average Bonchev–Trinajstić information content (AvgIpc) is 2.10. The number of aliphatic hydroxyl groups excluding tert-OH is 1. The summed E-state index contributed by atoms with van der Waals surface area (Å²) in [6.45, 7) is 1.52. The Hall–Kier alpha value is -0.800. The fourth-order valence-corrected chi connectivity index (χ4v) is 1.20. The zero-order valence-electron chi connectivity index (χ0n) is 7.09. The van der Waals surface area contributed by atoms with Crippen LogP contribution in [0.1, 0.15) is 18.4 Å². The van der Waals surface area contributed by atoms with Crippen molar-refractivity contribution in [3.05, 3.63) is 28.5 Å². The molecule has 1 unspecified atom stereocenters. The van der Waals surface area contributed by atoms with Crippen LogP contribution >= 0.6 is 11.6 Å². The van der Waals surface area contributed by atoms with Gasteiger partial charge in [0.15, 0.2) is 0 Å². The minimum absolute atomic E-state index is 0.0942. The number of aliphatic hydroxyl groups is 1. The smallest absolute Gasteiger partial charge is 0.137 e. The molecule has 0 heterocycles. The summed E-state index contributed by atoms with van der Waals surface area (Å²) < 4.78 is 13.1. The first kappa shape index (κ1) is 10.3. The minimum Gasteiger partial charge on any atom is -0.506 e. The van der Waals surface area contributed by atoms with Gasteiger partial charge < -0.3 is 10.2 Å². The van der Waals surface area contributed by atoms with Crippen molar-refractivity contribution in [3.8, 4) is 5.75 Å². The quantitative estimate of drug-likeness (QED) is 0.776. The molecular weight excluding hydrogens is 195 g/mol. The number of aromatic hydroxyl groups is 1. The number of benzene rings is 1. The molecule has 2 N–H and O–H groups in total. The van der Waals surface area contributed by atoms with E-state index in [2.05, 4.69) is 0 Å². The van der Waals surface area contributed by atoms with Crippen molar-refractivity contribution in [1.82, 2.24) is 0 Å². The third kappa shape index (κ3) is 2.11. The minimum atomic E-state index is -0.552. The maximum absolute atomic E-state index is 13.1. The molecule has 72 valence electrons. The molecule has 0 spiro atoms. The summed E-state index contributed by atoms with van der Waals surface area (Å²) in [6.07, 6.45) is 0. The van der Waals surface area contributed by atoms with Crippen molar-refractivity contribution in [2.45, 2.75) is 12.8 Å². The van der Waals surface area contributed by atoms with E-state index in [-0.39, 0.29) is 23.3 Å². The Balaban J connectivity index is 3.15. The third-order valence-electron chi connectivity index (χ3n) is 1.87. The van der Waals surface area contributed by atoms with E-state index in [0.717, 1.165) is 6.07 Å². The van der Waals surface area contributed by atoms with Crippen LogP contribution in [-0.4, -0.2) is 16.8 Å². The van der Waals surface area contributed by atoms with E-state index < -0.39 is 5.82 Å². The second-order valence-electron chi connectivity index (χ2n) is 2.91. The molecule has 1 rings (SSSR count). The van der Waals surface area contributed by atoms with Crippen LogP contribution in [0.2, 0.25) is 5.02 Å². The highest BCUT2D eigenvalue weighted by molar-refractivity contribution is 6.32. The van der Waals surface area contributed by atoms with Gasteiger partial charge in [-0.2, -0.15) is 0 Å². The molecule has 2 nitrogen and oxygen atoms in total. The van der Waals surface area contributed by atoms with Crippen LogP contribution in [0.25, 0.3) is 0 Å². The number of halogens is 2. The van der Waals surface area contributed by atoms with E-state index in [4.69, 9.17) is 21.8 Å². The molecule has 1 aromatic rings. The third-order valence-corrected chi connectivity index (χ3v) is 2.17. The summed E-state index contributed by atoms with van der Waals surface area (Å²) in [5, 5.41) is 17.9. The molecule has 0 radical (unpaired) electrons. The van der Waals surface area contributed by atoms with E-state index in [0.29, 0.717) is 5.56 Å². The van der Waals surface area contributed by atoms with Crippen molar-refractivity contribution < 1.29 is 14.6 Å². The summed E-state index contributed by atoms with van der Waals surface area (Å²) >= 11 is 5.59. The average molecular weight is 205 g/mol. The molecule has 0 aromatic heterocycles. The lowest BCUT2D eigenvalue weighted by Crippen LogP contribution is -2.01. The molecule has 0 aliphatic heterocycles. The zero-order valence-corrected chi connectivity index (χ0v) is 7.85. The number of phenols is 1. The lowest BCUT2D eigenvalue weighted by atomic mass is 10.0. The first-order valence-corrected chi connectivity index (χ1v) is 4.22. The van der Waals surface area contributed by atoms with Crippen LogP contribution in [0.15, 0.2) is 12.1 Å². The topological polar surface area (TPSA) is 40.5 Å². The largest absolute Gasteiger partial charge is 0.506 e. The van der Waals surface area contributed by atoms with Crippen molar-refractivity contribution in [1.29, 1.82) is 0 Å². The lowest BCUT2D eigenvalue weighted by Gasteiger charge is -2.10. The van der Waals surface area contributed by atoms with E-state index >= 15 is 0 Å². The first-order chi connectivity index (χ1) is 6.06. The Kier molecular flexibility index (Phi) is 3.12. The highest BCUT2D eigenvalue weighted by Crippen LogP contribution is 2.29. The zero-order chi connectivity index (χ0) is 10.0. The van der Waals surface area contributed by atoms with E-state index in [9.17, 15) is 4.39 Å². The van der Waals surface area contributed by atoms with Crippen LogP contribution in [0.3, 0.4) is 0 Å². The second-order valence-corrected chi connectivity index (χ2v) is 3.32. The summed E-state index contributed by atoms with van der Waals surface area (Å²) in [6, 6.07) is 2.27. The Morgan fingerprint density at radius 3 is 2.69 bits per heavy atom. The van der Waals surface area contributed by atoms with Gasteiger partial charge >= 0.3 is 0 Å². The Morgan fingerprint density at radius 1 is 1.54 bits per heavy atom. The van der Waals surface area contributed by atoms with Crippen molar-refractivity contribution in [2.24, 2.45) is 0 Å². The standard InChI is InChI=1S/C9H10ClFO2/c1-5(4-12)6-2-7(10)9(13)3-8(6)11/h2-3,5,12-13H,4H2,1H3.